The molecule has 0 aromatic heterocycles. The number of allylic oxidation sites excluding steroid dienone is 1. The molecule has 0 heterocycles. The topological polar surface area (TPSA) is 9.23 Å². The number of hydrogen-bond acceptors (Lipinski definition) is 1. The van der Waals surface area contributed by atoms with E-state index in [2.05, 4.69) is 31.1 Å². The third kappa shape index (κ3) is 2.85. The summed E-state index contributed by atoms with van der Waals surface area (Å²) in [6.45, 7) is 0. The van der Waals surface area contributed by atoms with Crippen LogP contribution in [-0.4, -0.2) is 7.11 Å². The van der Waals surface area contributed by atoms with Crippen molar-refractivity contribution >= 4 is 6.08 Å². The SMILES string of the molecule is COc1cccc(/C=C/[C]2[CH][CH][CH][CH]2)c1. The molecule has 1 aromatic carbocycles. The molecule has 0 bridgehead atoms. The van der Waals surface area contributed by atoms with Crippen molar-refractivity contribution in [3.05, 3.63) is 67.5 Å². The second-order valence-electron chi connectivity index (χ2n) is 3.33. The minimum absolute atomic E-state index is 0.889. The van der Waals surface area contributed by atoms with E-state index in [-0.39, 0.29) is 0 Å². The van der Waals surface area contributed by atoms with Gasteiger partial charge in [-0.15, -0.1) is 0 Å². The lowest BCUT2D eigenvalue weighted by Gasteiger charge is -2.01. The molecule has 2 rings (SSSR count). The molecule has 15 heavy (non-hydrogen) atoms. The number of hydrogen-bond donors (Lipinski definition) is 0. The maximum Gasteiger partial charge on any atom is 0.119 e. The molecule has 0 saturated heterocycles. The van der Waals surface area contributed by atoms with Crippen LogP contribution in [0.2, 0.25) is 0 Å². The van der Waals surface area contributed by atoms with Crippen LogP contribution < -0.4 is 4.74 Å². The van der Waals surface area contributed by atoms with Crippen molar-refractivity contribution in [2.24, 2.45) is 0 Å². The first-order chi connectivity index (χ1) is 7.38. The Morgan fingerprint density at radius 1 is 1.07 bits per heavy atom. The molecule has 1 saturated carbocycles. The molecule has 0 N–H and O–H groups in total. The van der Waals surface area contributed by atoms with Crippen molar-refractivity contribution in [2.75, 3.05) is 7.11 Å². The van der Waals surface area contributed by atoms with E-state index in [1.807, 2.05) is 31.0 Å². The molecule has 0 unspecified atom stereocenters. The number of ether oxygens (including phenoxy) is 1. The highest BCUT2D eigenvalue weighted by atomic mass is 16.5. The van der Waals surface area contributed by atoms with Gasteiger partial charge in [0.1, 0.15) is 5.75 Å². The number of benzene rings is 1. The maximum absolute atomic E-state index is 5.16. The normalized spacial score (nSPS) is 17.4. The highest BCUT2D eigenvalue weighted by molar-refractivity contribution is 5.57. The van der Waals surface area contributed by atoms with E-state index in [4.69, 9.17) is 4.74 Å². The summed E-state index contributed by atoms with van der Waals surface area (Å²) in [4.78, 5) is 0. The van der Waals surface area contributed by atoms with Gasteiger partial charge >= 0.3 is 0 Å². The van der Waals surface area contributed by atoms with Crippen molar-refractivity contribution in [1.29, 1.82) is 0 Å². The molecule has 1 aliphatic carbocycles. The molecule has 0 spiro atoms. The van der Waals surface area contributed by atoms with E-state index < -0.39 is 0 Å². The zero-order valence-electron chi connectivity index (χ0n) is 8.68. The summed E-state index contributed by atoms with van der Waals surface area (Å²) in [6, 6.07) is 8.00. The third-order valence-corrected chi connectivity index (χ3v) is 2.25. The van der Waals surface area contributed by atoms with Crippen LogP contribution in [0.3, 0.4) is 0 Å². The maximum atomic E-state index is 5.16. The summed E-state index contributed by atoms with van der Waals surface area (Å²) in [6.07, 6.45) is 12.4. The van der Waals surface area contributed by atoms with Gasteiger partial charge in [-0.2, -0.15) is 0 Å². The van der Waals surface area contributed by atoms with Crippen molar-refractivity contribution in [3.63, 3.8) is 0 Å². The van der Waals surface area contributed by atoms with E-state index in [1.54, 1.807) is 7.11 Å². The lowest BCUT2D eigenvalue weighted by atomic mass is 10.1. The van der Waals surface area contributed by atoms with E-state index in [9.17, 15) is 0 Å². The monoisotopic (exact) mass is 197 g/mol. The van der Waals surface area contributed by atoms with Crippen molar-refractivity contribution in [2.45, 2.75) is 0 Å². The Morgan fingerprint density at radius 3 is 2.60 bits per heavy atom. The Bertz CT molecular complexity index is 335. The first kappa shape index (κ1) is 10.3. The standard InChI is InChI=1S/C14H13O/c1-15-14-8-4-7-13(11-14)10-9-12-5-2-3-6-12/h2-11H,1H3/b10-9+. The molecular formula is C14H13O. The van der Waals surface area contributed by atoms with E-state index >= 15 is 0 Å². The van der Waals surface area contributed by atoms with Gasteiger partial charge in [0.2, 0.25) is 0 Å². The van der Waals surface area contributed by atoms with Gasteiger partial charge < -0.3 is 4.74 Å². The van der Waals surface area contributed by atoms with E-state index in [0.29, 0.717) is 0 Å². The second kappa shape index (κ2) is 5.01. The quantitative estimate of drug-likeness (QED) is 0.723. The van der Waals surface area contributed by atoms with Crippen LogP contribution in [0.1, 0.15) is 5.56 Å². The molecule has 1 nitrogen and oxygen atoms in total. The van der Waals surface area contributed by atoms with Crippen LogP contribution in [0.4, 0.5) is 0 Å². The molecule has 5 radical (unpaired) electrons. The Balaban J connectivity index is 2.02. The predicted octanol–water partition coefficient (Wildman–Crippen LogP) is 3.11. The smallest absolute Gasteiger partial charge is 0.119 e. The van der Waals surface area contributed by atoms with E-state index in [1.165, 1.54) is 5.92 Å². The Hall–Kier alpha value is -1.24. The van der Waals surface area contributed by atoms with Gasteiger partial charge in [0.05, 0.1) is 7.11 Å². The summed E-state index contributed by atoms with van der Waals surface area (Å²) >= 11 is 0. The Labute approximate surface area is 91.8 Å². The largest absolute Gasteiger partial charge is 0.497 e. The number of rotatable bonds is 3. The summed E-state index contributed by atoms with van der Waals surface area (Å²) in [5.74, 6) is 2.11. The molecule has 1 fully saturated rings. The third-order valence-electron chi connectivity index (χ3n) is 2.25. The van der Waals surface area contributed by atoms with Crippen LogP contribution in [0, 0.1) is 31.6 Å². The van der Waals surface area contributed by atoms with Crippen LogP contribution in [0.25, 0.3) is 6.08 Å². The van der Waals surface area contributed by atoms with Crippen molar-refractivity contribution in [1.82, 2.24) is 0 Å². The van der Waals surface area contributed by atoms with Gasteiger partial charge in [-0.1, -0.05) is 24.3 Å². The molecular weight excluding hydrogens is 184 g/mol. The Kier molecular flexibility index (Phi) is 3.44. The van der Waals surface area contributed by atoms with Crippen molar-refractivity contribution < 1.29 is 4.74 Å². The number of methoxy groups -OCH3 is 1. The molecule has 75 valence electrons. The highest BCUT2D eigenvalue weighted by Gasteiger charge is 2.12. The lowest BCUT2D eigenvalue weighted by molar-refractivity contribution is 0.414. The minimum Gasteiger partial charge on any atom is -0.497 e. The van der Waals surface area contributed by atoms with Crippen molar-refractivity contribution in [3.8, 4) is 5.75 Å². The Morgan fingerprint density at radius 2 is 1.87 bits per heavy atom. The zero-order valence-corrected chi connectivity index (χ0v) is 8.68. The fourth-order valence-electron chi connectivity index (χ4n) is 1.44. The zero-order chi connectivity index (χ0) is 10.5. The van der Waals surface area contributed by atoms with E-state index in [0.717, 1.165) is 11.3 Å². The minimum atomic E-state index is 0.889. The lowest BCUT2D eigenvalue weighted by Crippen LogP contribution is -1.85. The molecule has 0 amide bonds. The fourth-order valence-corrected chi connectivity index (χ4v) is 1.44. The molecule has 1 heteroatoms. The van der Waals surface area contributed by atoms with Gasteiger partial charge in [0.15, 0.2) is 0 Å². The van der Waals surface area contributed by atoms with Gasteiger partial charge in [-0.3, -0.25) is 0 Å². The van der Waals surface area contributed by atoms with Crippen LogP contribution >= 0.6 is 0 Å². The highest BCUT2D eigenvalue weighted by Crippen LogP contribution is 2.25. The van der Waals surface area contributed by atoms with Gasteiger partial charge in [0, 0.05) is 5.92 Å². The first-order valence-corrected chi connectivity index (χ1v) is 4.92. The summed E-state index contributed by atoms with van der Waals surface area (Å²) in [5, 5.41) is 0. The molecule has 0 atom stereocenters. The molecule has 1 aromatic rings. The van der Waals surface area contributed by atoms with Crippen LogP contribution in [-0.2, 0) is 0 Å². The first-order valence-electron chi connectivity index (χ1n) is 4.92. The summed E-state index contributed by atoms with van der Waals surface area (Å²) in [7, 11) is 1.68. The second-order valence-corrected chi connectivity index (χ2v) is 3.33. The van der Waals surface area contributed by atoms with Gasteiger partial charge in [-0.05, 0) is 43.4 Å². The molecule has 1 aliphatic rings. The summed E-state index contributed by atoms with van der Waals surface area (Å²) < 4.78 is 5.16. The van der Waals surface area contributed by atoms with Crippen LogP contribution in [0.15, 0.2) is 30.3 Å². The predicted molar refractivity (Wildman–Crippen MR) is 62.5 cm³/mol. The fraction of sp³-hybridized carbons (Fsp3) is 0.0714. The average Bonchev–Trinajstić information content (AvgIpc) is 2.79. The van der Waals surface area contributed by atoms with Gasteiger partial charge in [-0.25, -0.2) is 0 Å². The van der Waals surface area contributed by atoms with Gasteiger partial charge in [0.25, 0.3) is 0 Å². The average molecular weight is 197 g/mol. The summed E-state index contributed by atoms with van der Waals surface area (Å²) in [5.41, 5.74) is 1.15. The molecule has 0 aliphatic heterocycles. The van der Waals surface area contributed by atoms with Crippen LogP contribution in [0.5, 0.6) is 5.75 Å².